The van der Waals surface area contributed by atoms with E-state index in [-0.39, 0.29) is 18.0 Å². The lowest BCUT2D eigenvalue weighted by atomic mass is 10.1. The molecule has 0 bridgehead atoms. The van der Waals surface area contributed by atoms with Crippen molar-refractivity contribution in [3.8, 4) is 0 Å². The number of carbonyl (C=O) groups is 2. The molecule has 32 heavy (non-hydrogen) atoms. The van der Waals surface area contributed by atoms with Crippen LogP contribution >= 0.6 is 0 Å². The molecule has 182 valence electrons. The summed E-state index contributed by atoms with van der Waals surface area (Å²) in [5, 5.41) is 0. The molecule has 0 aliphatic heterocycles. The molecule has 0 heterocycles. The van der Waals surface area contributed by atoms with Crippen molar-refractivity contribution in [3.63, 3.8) is 0 Å². The van der Waals surface area contributed by atoms with Crippen LogP contribution in [0.2, 0.25) is 0 Å². The van der Waals surface area contributed by atoms with Gasteiger partial charge >= 0.3 is 11.9 Å². The molecule has 0 saturated carbocycles. The molecule has 1 atom stereocenters. The van der Waals surface area contributed by atoms with Crippen molar-refractivity contribution in [3.05, 3.63) is 35.4 Å². The summed E-state index contributed by atoms with van der Waals surface area (Å²) >= 11 is 0. The Morgan fingerprint density at radius 2 is 1.12 bits per heavy atom. The van der Waals surface area contributed by atoms with Crippen LogP contribution in [-0.4, -0.2) is 24.6 Å². The van der Waals surface area contributed by atoms with Gasteiger partial charge in [0.1, 0.15) is 0 Å². The Morgan fingerprint density at radius 1 is 0.688 bits per heavy atom. The summed E-state index contributed by atoms with van der Waals surface area (Å²) in [7, 11) is 0. The predicted molar refractivity (Wildman–Crippen MR) is 132 cm³/mol. The molecule has 0 amide bonds. The van der Waals surface area contributed by atoms with E-state index < -0.39 is 0 Å². The zero-order chi connectivity index (χ0) is 23.6. The third kappa shape index (κ3) is 13.5. The molecule has 0 radical (unpaired) electrons. The minimum Gasteiger partial charge on any atom is -0.462 e. The molecule has 0 saturated heterocycles. The van der Waals surface area contributed by atoms with Gasteiger partial charge in [-0.15, -0.1) is 0 Å². The van der Waals surface area contributed by atoms with E-state index in [0.29, 0.717) is 23.7 Å². The maximum atomic E-state index is 12.2. The summed E-state index contributed by atoms with van der Waals surface area (Å²) in [5.74, 6) is -0.212. The van der Waals surface area contributed by atoms with Crippen molar-refractivity contribution >= 4 is 11.9 Å². The van der Waals surface area contributed by atoms with Crippen LogP contribution in [0.4, 0.5) is 0 Å². The Kier molecular flexibility index (Phi) is 15.6. The normalized spacial score (nSPS) is 12.0. The summed E-state index contributed by atoms with van der Waals surface area (Å²) in [5.41, 5.74) is 0.925. The van der Waals surface area contributed by atoms with Gasteiger partial charge in [0.2, 0.25) is 0 Å². The second-order valence-electron chi connectivity index (χ2n) is 9.45. The molecular weight excluding hydrogens is 400 g/mol. The molecule has 1 aromatic rings. The SMILES string of the molecule is CCCCCCCCCCCCCCOC(=O)c1ccc(C(=O)OC(C)CC(C)C)cc1. The van der Waals surface area contributed by atoms with Crippen molar-refractivity contribution in [2.75, 3.05) is 6.61 Å². The average Bonchev–Trinajstić information content (AvgIpc) is 2.76. The number of carbonyl (C=O) groups excluding carboxylic acids is 2. The Hall–Kier alpha value is -1.84. The van der Waals surface area contributed by atoms with Crippen LogP contribution in [0.25, 0.3) is 0 Å². The highest BCUT2D eigenvalue weighted by Gasteiger charge is 2.14. The predicted octanol–water partition coefficient (Wildman–Crippen LogP) is 8.14. The lowest BCUT2D eigenvalue weighted by Crippen LogP contribution is -2.17. The molecule has 4 nitrogen and oxygen atoms in total. The molecule has 4 heteroatoms. The van der Waals surface area contributed by atoms with Crippen LogP contribution in [0.5, 0.6) is 0 Å². The second-order valence-corrected chi connectivity index (χ2v) is 9.45. The third-order valence-corrected chi connectivity index (χ3v) is 5.70. The molecule has 0 aliphatic rings. The van der Waals surface area contributed by atoms with Gasteiger partial charge in [-0.25, -0.2) is 9.59 Å². The summed E-state index contributed by atoms with van der Waals surface area (Å²) in [4.78, 5) is 24.4. The first kappa shape index (κ1) is 28.2. The van der Waals surface area contributed by atoms with Crippen LogP contribution in [-0.2, 0) is 9.47 Å². The molecule has 1 rings (SSSR count). The fourth-order valence-corrected chi connectivity index (χ4v) is 3.90. The molecule has 0 fully saturated rings. The Bertz CT molecular complexity index is 621. The van der Waals surface area contributed by atoms with Gasteiger partial charge in [0.15, 0.2) is 0 Å². The minimum atomic E-state index is -0.352. The van der Waals surface area contributed by atoms with Crippen molar-refractivity contribution in [1.82, 2.24) is 0 Å². The van der Waals surface area contributed by atoms with Crippen LogP contribution in [0.15, 0.2) is 24.3 Å². The quantitative estimate of drug-likeness (QED) is 0.169. The van der Waals surface area contributed by atoms with Gasteiger partial charge in [0.05, 0.1) is 23.8 Å². The lowest BCUT2D eigenvalue weighted by Gasteiger charge is -2.15. The van der Waals surface area contributed by atoms with Gasteiger partial charge in [0, 0.05) is 0 Å². The van der Waals surface area contributed by atoms with Crippen molar-refractivity contribution in [2.45, 2.75) is 117 Å². The zero-order valence-corrected chi connectivity index (χ0v) is 21.0. The first-order valence-electron chi connectivity index (χ1n) is 12.9. The Labute approximate surface area is 196 Å². The topological polar surface area (TPSA) is 52.6 Å². The van der Waals surface area contributed by atoms with E-state index in [9.17, 15) is 9.59 Å². The fourth-order valence-electron chi connectivity index (χ4n) is 3.90. The third-order valence-electron chi connectivity index (χ3n) is 5.70. The highest BCUT2D eigenvalue weighted by Crippen LogP contribution is 2.14. The van der Waals surface area contributed by atoms with E-state index in [0.717, 1.165) is 19.3 Å². The largest absolute Gasteiger partial charge is 0.462 e. The molecule has 0 N–H and O–H groups in total. The Morgan fingerprint density at radius 3 is 1.59 bits per heavy atom. The summed E-state index contributed by atoms with van der Waals surface area (Å²) in [6.07, 6.45) is 16.1. The van der Waals surface area contributed by atoms with E-state index in [4.69, 9.17) is 9.47 Å². The first-order valence-corrected chi connectivity index (χ1v) is 12.9. The molecule has 0 spiro atoms. The molecule has 0 aromatic heterocycles. The van der Waals surface area contributed by atoms with E-state index in [1.807, 2.05) is 6.92 Å². The van der Waals surface area contributed by atoms with Crippen LogP contribution in [0, 0.1) is 5.92 Å². The van der Waals surface area contributed by atoms with Crippen LogP contribution in [0.1, 0.15) is 132 Å². The van der Waals surface area contributed by atoms with Crippen molar-refractivity contribution in [2.24, 2.45) is 5.92 Å². The van der Waals surface area contributed by atoms with Crippen LogP contribution < -0.4 is 0 Å². The molecular formula is C28H46O4. The fraction of sp³-hybridized carbons (Fsp3) is 0.714. The van der Waals surface area contributed by atoms with E-state index in [1.165, 1.54) is 64.2 Å². The number of ether oxygens (including phenoxy) is 2. The smallest absolute Gasteiger partial charge is 0.338 e. The second kappa shape index (κ2) is 17.7. The van der Waals surface area contributed by atoms with Crippen molar-refractivity contribution in [1.29, 1.82) is 0 Å². The highest BCUT2D eigenvalue weighted by molar-refractivity contribution is 5.93. The summed E-state index contributed by atoms with van der Waals surface area (Å²) in [6.45, 7) is 8.81. The summed E-state index contributed by atoms with van der Waals surface area (Å²) in [6, 6.07) is 6.53. The molecule has 1 aromatic carbocycles. The number of rotatable bonds is 18. The van der Waals surface area contributed by atoms with Crippen LogP contribution in [0.3, 0.4) is 0 Å². The minimum absolute atomic E-state index is 0.123. The van der Waals surface area contributed by atoms with Crippen molar-refractivity contribution < 1.29 is 19.1 Å². The highest BCUT2D eigenvalue weighted by atomic mass is 16.5. The van der Waals surface area contributed by atoms with E-state index in [1.54, 1.807) is 24.3 Å². The molecule has 1 unspecified atom stereocenters. The summed E-state index contributed by atoms with van der Waals surface area (Å²) < 4.78 is 10.8. The van der Waals surface area contributed by atoms with Gasteiger partial charge in [-0.05, 0) is 49.9 Å². The van der Waals surface area contributed by atoms with Gasteiger partial charge < -0.3 is 9.47 Å². The number of benzene rings is 1. The van der Waals surface area contributed by atoms with Gasteiger partial charge in [-0.1, -0.05) is 91.4 Å². The first-order chi connectivity index (χ1) is 15.4. The van der Waals surface area contributed by atoms with E-state index in [2.05, 4.69) is 20.8 Å². The van der Waals surface area contributed by atoms with Gasteiger partial charge in [0.25, 0.3) is 0 Å². The maximum Gasteiger partial charge on any atom is 0.338 e. The number of hydrogen-bond acceptors (Lipinski definition) is 4. The molecule has 0 aliphatic carbocycles. The lowest BCUT2D eigenvalue weighted by molar-refractivity contribution is 0.0298. The monoisotopic (exact) mass is 446 g/mol. The van der Waals surface area contributed by atoms with Gasteiger partial charge in [-0.2, -0.15) is 0 Å². The number of esters is 2. The Balaban J connectivity index is 2.11. The zero-order valence-electron chi connectivity index (χ0n) is 21.0. The number of hydrogen-bond donors (Lipinski definition) is 0. The standard InChI is InChI=1S/C28H46O4/c1-5-6-7-8-9-10-11-12-13-14-15-16-21-31-27(29)25-17-19-26(20-18-25)28(30)32-24(4)22-23(2)3/h17-20,23-24H,5-16,21-22H2,1-4H3. The number of unbranched alkanes of at least 4 members (excludes halogenated alkanes) is 11. The average molecular weight is 447 g/mol. The maximum absolute atomic E-state index is 12.2. The van der Waals surface area contributed by atoms with E-state index >= 15 is 0 Å². The van der Waals surface area contributed by atoms with Gasteiger partial charge in [-0.3, -0.25) is 0 Å².